The highest BCUT2D eigenvalue weighted by Crippen LogP contribution is 2.41. The molecule has 1 N–H and O–H groups in total. The van der Waals surface area contributed by atoms with Crippen LogP contribution in [-0.4, -0.2) is 38.3 Å². The summed E-state index contributed by atoms with van der Waals surface area (Å²) in [6.45, 7) is 0.184. The van der Waals surface area contributed by atoms with Crippen LogP contribution in [0, 0.1) is 5.82 Å². The highest BCUT2D eigenvalue weighted by atomic mass is 32.2. The van der Waals surface area contributed by atoms with Crippen molar-refractivity contribution in [2.24, 2.45) is 0 Å². The first-order valence-electron chi connectivity index (χ1n) is 10.3. The number of nitrogens with zero attached hydrogens (tertiary/aromatic N) is 3. The number of rotatable bonds is 8. The molecule has 0 amide bonds. The van der Waals surface area contributed by atoms with E-state index >= 15 is 0 Å². The first-order chi connectivity index (χ1) is 15.2. The molecular formula is C24H22FN3O2S. The van der Waals surface area contributed by atoms with Gasteiger partial charge in [-0.3, -0.25) is 4.57 Å². The second kappa shape index (κ2) is 8.69. The van der Waals surface area contributed by atoms with Crippen LogP contribution in [0.4, 0.5) is 4.39 Å². The summed E-state index contributed by atoms with van der Waals surface area (Å²) in [6, 6.07) is 20.9. The summed E-state index contributed by atoms with van der Waals surface area (Å²) in [5.74, 6) is 1.38. The van der Waals surface area contributed by atoms with Crippen molar-refractivity contribution in [2.45, 2.75) is 30.1 Å². The van der Waals surface area contributed by atoms with Gasteiger partial charge >= 0.3 is 0 Å². The highest BCUT2D eigenvalue weighted by Gasteiger charge is 2.31. The van der Waals surface area contributed by atoms with Crippen molar-refractivity contribution in [3.63, 3.8) is 0 Å². The van der Waals surface area contributed by atoms with Gasteiger partial charge in [0.15, 0.2) is 11.0 Å². The molecule has 158 valence electrons. The summed E-state index contributed by atoms with van der Waals surface area (Å²) < 4.78 is 22.1. The number of fused-ring (bicyclic) bond motifs is 1. The molecule has 1 aromatic heterocycles. The average molecular weight is 436 g/mol. The maximum atomic E-state index is 14.3. The van der Waals surface area contributed by atoms with E-state index in [1.54, 1.807) is 18.2 Å². The number of thioether (sulfide) groups is 1. The van der Waals surface area contributed by atoms with Crippen molar-refractivity contribution in [1.82, 2.24) is 14.8 Å². The lowest BCUT2D eigenvalue weighted by Crippen LogP contribution is -2.20. The molecular weight excluding hydrogens is 413 g/mol. The van der Waals surface area contributed by atoms with Crippen LogP contribution < -0.4 is 4.74 Å². The average Bonchev–Trinajstić information content (AvgIpc) is 3.55. The van der Waals surface area contributed by atoms with E-state index in [1.807, 2.05) is 41.0 Å². The van der Waals surface area contributed by atoms with E-state index in [1.165, 1.54) is 17.8 Å². The lowest BCUT2D eigenvalue weighted by molar-refractivity contribution is 0.126. The van der Waals surface area contributed by atoms with Gasteiger partial charge in [-0.05, 0) is 47.9 Å². The number of halogens is 1. The predicted octanol–water partition coefficient (Wildman–Crippen LogP) is 5.10. The maximum absolute atomic E-state index is 14.3. The lowest BCUT2D eigenvalue weighted by atomic mass is 10.1. The fourth-order valence-electron chi connectivity index (χ4n) is 3.53. The molecule has 1 atom stereocenters. The fraction of sp³-hybridized carbons (Fsp3) is 0.250. The van der Waals surface area contributed by atoms with Crippen molar-refractivity contribution in [2.75, 3.05) is 12.4 Å². The second-order valence-electron chi connectivity index (χ2n) is 7.67. The minimum Gasteiger partial charge on any atom is -0.491 e. The quantitative estimate of drug-likeness (QED) is 0.390. The molecule has 0 saturated heterocycles. The molecule has 3 aromatic carbocycles. The first-order valence-corrected chi connectivity index (χ1v) is 11.3. The van der Waals surface area contributed by atoms with Gasteiger partial charge in [0, 0.05) is 11.8 Å². The molecule has 1 aliphatic rings. The van der Waals surface area contributed by atoms with Gasteiger partial charge in [0.1, 0.15) is 18.2 Å². The third kappa shape index (κ3) is 4.43. The smallest absolute Gasteiger partial charge is 0.191 e. The van der Waals surface area contributed by atoms with Crippen LogP contribution in [0.3, 0.4) is 0 Å². The number of hydrogen-bond donors (Lipinski definition) is 1. The molecule has 0 aliphatic heterocycles. The van der Waals surface area contributed by atoms with Crippen LogP contribution in [0.25, 0.3) is 22.2 Å². The molecule has 1 aliphatic carbocycles. The van der Waals surface area contributed by atoms with Crippen LogP contribution in [0.5, 0.6) is 5.75 Å². The van der Waals surface area contributed by atoms with Crippen molar-refractivity contribution in [1.29, 1.82) is 0 Å². The van der Waals surface area contributed by atoms with E-state index in [0.29, 0.717) is 22.3 Å². The summed E-state index contributed by atoms with van der Waals surface area (Å²) in [7, 11) is 0. The molecule has 31 heavy (non-hydrogen) atoms. The number of hydrogen-bond acceptors (Lipinski definition) is 5. The number of aromatic nitrogens is 3. The SMILES string of the molecule is OC(COc1ccc2ccccc2c1)CSc1nnc(-c2ccccc2F)n1C1CC1. The monoisotopic (exact) mass is 435 g/mol. The molecule has 4 aromatic rings. The third-order valence-electron chi connectivity index (χ3n) is 5.26. The normalized spacial score (nSPS) is 14.6. The number of aliphatic hydroxyl groups is 1. The third-order valence-corrected chi connectivity index (χ3v) is 6.35. The van der Waals surface area contributed by atoms with Crippen LogP contribution in [0.15, 0.2) is 71.9 Å². The largest absolute Gasteiger partial charge is 0.491 e. The standard InChI is InChI=1S/C24H22FN3O2S/c25-22-8-4-3-7-21(22)23-26-27-24(28(23)18-10-11-18)31-15-19(29)14-30-20-12-9-16-5-1-2-6-17(16)13-20/h1-9,12-13,18-19,29H,10-11,14-15H2. The van der Waals surface area contributed by atoms with Gasteiger partial charge in [-0.1, -0.05) is 54.2 Å². The molecule has 1 fully saturated rings. The molecule has 5 rings (SSSR count). The molecule has 0 bridgehead atoms. The van der Waals surface area contributed by atoms with Crippen molar-refractivity contribution in [3.8, 4) is 17.1 Å². The summed E-state index contributed by atoms with van der Waals surface area (Å²) >= 11 is 1.42. The van der Waals surface area contributed by atoms with E-state index in [2.05, 4.69) is 16.3 Å². The van der Waals surface area contributed by atoms with Gasteiger partial charge in [0.05, 0.1) is 11.7 Å². The Morgan fingerprint density at radius 2 is 1.81 bits per heavy atom. The summed E-state index contributed by atoms with van der Waals surface area (Å²) in [5.41, 5.74) is 0.453. The molecule has 1 saturated carbocycles. The van der Waals surface area contributed by atoms with Crippen LogP contribution in [0.2, 0.25) is 0 Å². The zero-order valence-electron chi connectivity index (χ0n) is 16.8. The Morgan fingerprint density at radius 1 is 1.03 bits per heavy atom. The Morgan fingerprint density at radius 3 is 2.61 bits per heavy atom. The molecule has 0 radical (unpaired) electrons. The zero-order valence-corrected chi connectivity index (χ0v) is 17.6. The number of benzene rings is 3. The van der Waals surface area contributed by atoms with E-state index in [-0.39, 0.29) is 18.5 Å². The van der Waals surface area contributed by atoms with Crippen LogP contribution in [0.1, 0.15) is 18.9 Å². The summed E-state index contributed by atoms with van der Waals surface area (Å²) in [4.78, 5) is 0. The van der Waals surface area contributed by atoms with Gasteiger partial charge in [-0.2, -0.15) is 0 Å². The van der Waals surface area contributed by atoms with E-state index in [0.717, 1.165) is 29.4 Å². The zero-order chi connectivity index (χ0) is 21.2. The topological polar surface area (TPSA) is 60.2 Å². The molecule has 0 spiro atoms. The Kier molecular flexibility index (Phi) is 5.61. The molecule has 1 unspecified atom stereocenters. The Hall–Kier alpha value is -2.90. The summed E-state index contributed by atoms with van der Waals surface area (Å²) in [6.07, 6.45) is 1.39. The minimum atomic E-state index is -0.669. The van der Waals surface area contributed by atoms with Crippen molar-refractivity contribution >= 4 is 22.5 Å². The first kappa shape index (κ1) is 20.0. The number of aliphatic hydroxyl groups excluding tert-OH is 1. The molecule has 7 heteroatoms. The maximum Gasteiger partial charge on any atom is 0.191 e. The Labute approximate surface area is 183 Å². The fourth-order valence-corrected chi connectivity index (χ4v) is 4.44. The Balaban J connectivity index is 1.24. The predicted molar refractivity (Wildman–Crippen MR) is 120 cm³/mol. The van der Waals surface area contributed by atoms with Gasteiger partial charge in [0.2, 0.25) is 0 Å². The molecule has 5 nitrogen and oxygen atoms in total. The van der Waals surface area contributed by atoms with Crippen molar-refractivity contribution in [3.05, 3.63) is 72.5 Å². The van der Waals surface area contributed by atoms with Gasteiger partial charge in [-0.15, -0.1) is 10.2 Å². The second-order valence-corrected chi connectivity index (χ2v) is 8.66. The highest BCUT2D eigenvalue weighted by molar-refractivity contribution is 7.99. The Bertz CT molecular complexity index is 1210. The lowest BCUT2D eigenvalue weighted by Gasteiger charge is -2.13. The minimum absolute atomic E-state index is 0.184. The number of ether oxygens (including phenoxy) is 1. The van der Waals surface area contributed by atoms with E-state index < -0.39 is 6.10 Å². The van der Waals surface area contributed by atoms with Gasteiger partial charge in [-0.25, -0.2) is 4.39 Å². The van der Waals surface area contributed by atoms with Gasteiger partial charge < -0.3 is 9.84 Å². The van der Waals surface area contributed by atoms with E-state index in [4.69, 9.17) is 4.74 Å². The van der Waals surface area contributed by atoms with Gasteiger partial charge in [0.25, 0.3) is 0 Å². The van der Waals surface area contributed by atoms with Crippen LogP contribution in [-0.2, 0) is 0 Å². The van der Waals surface area contributed by atoms with E-state index in [9.17, 15) is 9.50 Å². The van der Waals surface area contributed by atoms with Crippen LogP contribution >= 0.6 is 11.8 Å². The molecule has 1 heterocycles. The summed E-state index contributed by atoms with van der Waals surface area (Å²) in [5, 5.41) is 21.9. The van der Waals surface area contributed by atoms with Crippen molar-refractivity contribution < 1.29 is 14.2 Å².